The first kappa shape index (κ1) is 17.4. The standard InChI is InChI=1S/C19H22N4O4/c1-10(24)21-11-4-5-22(8-11)17-7-16-13(6-15(17)20)18(25)14(19(26)27)9-23(16)12-2-3-12/h6-7,9,11-12H,2-5,8,20H2,1H3,(H,21,24)(H,26,27). The zero-order valence-electron chi connectivity index (χ0n) is 15.1. The van der Waals surface area contributed by atoms with Crippen molar-refractivity contribution in [2.75, 3.05) is 23.7 Å². The van der Waals surface area contributed by atoms with Crippen LogP contribution in [0, 0.1) is 0 Å². The monoisotopic (exact) mass is 370 g/mol. The van der Waals surface area contributed by atoms with Crippen molar-refractivity contribution in [3.05, 3.63) is 34.1 Å². The van der Waals surface area contributed by atoms with Crippen LogP contribution in [0.2, 0.25) is 0 Å². The van der Waals surface area contributed by atoms with Gasteiger partial charge in [-0.25, -0.2) is 4.79 Å². The molecule has 0 spiro atoms. The highest BCUT2D eigenvalue weighted by atomic mass is 16.4. The Morgan fingerprint density at radius 3 is 2.63 bits per heavy atom. The first-order valence-electron chi connectivity index (χ1n) is 9.09. The normalized spacial score (nSPS) is 19.4. The Labute approximate surface area is 155 Å². The molecule has 4 rings (SSSR count). The van der Waals surface area contributed by atoms with E-state index in [2.05, 4.69) is 10.2 Å². The molecule has 0 bridgehead atoms. The Balaban J connectivity index is 1.80. The maximum atomic E-state index is 12.6. The van der Waals surface area contributed by atoms with Crippen LogP contribution in [-0.4, -0.2) is 40.7 Å². The van der Waals surface area contributed by atoms with Gasteiger partial charge < -0.3 is 25.6 Å². The minimum absolute atomic E-state index is 0.0582. The number of nitrogens with two attached hydrogens (primary N) is 1. The lowest BCUT2D eigenvalue weighted by Gasteiger charge is -2.22. The molecule has 2 heterocycles. The number of anilines is 2. The summed E-state index contributed by atoms with van der Waals surface area (Å²) >= 11 is 0. The summed E-state index contributed by atoms with van der Waals surface area (Å²) in [4.78, 5) is 37.5. The molecule has 8 heteroatoms. The summed E-state index contributed by atoms with van der Waals surface area (Å²) < 4.78 is 1.89. The van der Waals surface area contributed by atoms with Gasteiger partial charge in [-0.3, -0.25) is 9.59 Å². The zero-order chi connectivity index (χ0) is 19.3. The smallest absolute Gasteiger partial charge is 0.341 e. The van der Waals surface area contributed by atoms with E-state index >= 15 is 0 Å². The topological polar surface area (TPSA) is 118 Å². The van der Waals surface area contributed by atoms with E-state index in [4.69, 9.17) is 5.73 Å². The summed E-state index contributed by atoms with van der Waals surface area (Å²) in [5, 5.41) is 12.6. The molecule has 8 nitrogen and oxygen atoms in total. The highest BCUT2D eigenvalue weighted by Crippen LogP contribution is 2.39. The number of carbonyl (C=O) groups excluding carboxylic acids is 1. The summed E-state index contributed by atoms with van der Waals surface area (Å²) in [6, 6.07) is 3.75. The molecular weight excluding hydrogens is 348 g/mol. The van der Waals surface area contributed by atoms with E-state index in [9.17, 15) is 19.5 Å². The van der Waals surface area contributed by atoms with Crippen molar-refractivity contribution in [3.63, 3.8) is 0 Å². The largest absolute Gasteiger partial charge is 0.477 e. The Kier molecular flexibility index (Phi) is 4.05. The molecule has 27 heavy (non-hydrogen) atoms. The van der Waals surface area contributed by atoms with Gasteiger partial charge in [0.15, 0.2) is 0 Å². The number of aromatic carboxylic acids is 1. The quantitative estimate of drug-likeness (QED) is 0.699. The third kappa shape index (κ3) is 3.11. The van der Waals surface area contributed by atoms with Crippen molar-refractivity contribution < 1.29 is 14.7 Å². The molecular formula is C19H22N4O4. The Morgan fingerprint density at radius 1 is 1.26 bits per heavy atom. The summed E-state index contributed by atoms with van der Waals surface area (Å²) in [7, 11) is 0. The van der Waals surface area contributed by atoms with Crippen LogP contribution < -0.4 is 21.4 Å². The van der Waals surface area contributed by atoms with Gasteiger partial charge in [0.1, 0.15) is 5.56 Å². The molecule has 1 aromatic carbocycles. The van der Waals surface area contributed by atoms with E-state index in [1.165, 1.54) is 13.1 Å². The van der Waals surface area contributed by atoms with Crippen molar-refractivity contribution in [1.82, 2.24) is 9.88 Å². The van der Waals surface area contributed by atoms with Crippen LogP contribution in [0.25, 0.3) is 10.9 Å². The number of hydrogen-bond acceptors (Lipinski definition) is 5. The number of aromatic nitrogens is 1. The predicted octanol–water partition coefficient (Wildman–Crippen LogP) is 1.33. The molecule has 1 saturated heterocycles. The number of nitrogens with one attached hydrogen (secondary N) is 1. The summed E-state index contributed by atoms with van der Waals surface area (Å²) in [6.07, 6.45) is 4.20. The van der Waals surface area contributed by atoms with E-state index in [1.54, 1.807) is 6.07 Å². The lowest BCUT2D eigenvalue weighted by molar-refractivity contribution is -0.119. The summed E-state index contributed by atoms with van der Waals surface area (Å²) in [5.74, 6) is -1.28. The molecule has 1 aliphatic heterocycles. The number of nitrogens with zero attached hydrogens (tertiary/aromatic N) is 2. The molecule has 142 valence electrons. The summed E-state index contributed by atoms with van der Waals surface area (Å²) in [6.45, 7) is 2.90. The number of rotatable bonds is 4. The minimum atomic E-state index is -1.23. The molecule has 1 aliphatic carbocycles. The fraction of sp³-hybridized carbons (Fsp3) is 0.421. The Morgan fingerprint density at radius 2 is 2.00 bits per heavy atom. The average molecular weight is 370 g/mol. The number of amides is 1. The first-order valence-corrected chi connectivity index (χ1v) is 9.09. The van der Waals surface area contributed by atoms with Gasteiger partial charge in [-0.1, -0.05) is 0 Å². The molecule has 1 saturated carbocycles. The molecule has 2 aliphatic rings. The van der Waals surface area contributed by atoms with Gasteiger partial charge in [0.25, 0.3) is 0 Å². The number of hydrogen-bond donors (Lipinski definition) is 3. The van der Waals surface area contributed by atoms with Gasteiger partial charge in [-0.05, 0) is 31.4 Å². The Bertz CT molecular complexity index is 1010. The van der Waals surface area contributed by atoms with Crippen molar-refractivity contribution in [1.29, 1.82) is 0 Å². The first-order chi connectivity index (χ1) is 12.8. The number of carbonyl (C=O) groups is 2. The van der Waals surface area contributed by atoms with Crippen LogP contribution >= 0.6 is 0 Å². The van der Waals surface area contributed by atoms with Crippen molar-refractivity contribution in [2.24, 2.45) is 0 Å². The maximum absolute atomic E-state index is 12.6. The van der Waals surface area contributed by atoms with Crippen LogP contribution in [0.3, 0.4) is 0 Å². The number of carboxylic acids is 1. The van der Waals surface area contributed by atoms with Crippen LogP contribution in [0.4, 0.5) is 11.4 Å². The number of nitrogen functional groups attached to an aromatic ring is 1. The average Bonchev–Trinajstić information content (AvgIpc) is 3.34. The van der Waals surface area contributed by atoms with Crippen molar-refractivity contribution >= 4 is 34.2 Å². The fourth-order valence-corrected chi connectivity index (χ4v) is 3.87. The predicted molar refractivity (Wildman–Crippen MR) is 102 cm³/mol. The van der Waals surface area contributed by atoms with Crippen LogP contribution in [-0.2, 0) is 4.79 Å². The number of pyridine rings is 1. The number of carboxylic acid groups (broad SMARTS) is 1. The highest BCUT2D eigenvalue weighted by Gasteiger charge is 2.29. The van der Waals surface area contributed by atoms with Gasteiger partial charge in [-0.2, -0.15) is 0 Å². The molecule has 1 aromatic heterocycles. The number of benzene rings is 1. The minimum Gasteiger partial charge on any atom is -0.477 e. The van der Waals surface area contributed by atoms with E-state index in [0.29, 0.717) is 23.1 Å². The number of fused-ring (bicyclic) bond motifs is 1. The second-order valence-corrected chi connectivity index (χ2v) is 7.38. The van der Waals surface area contributed by atoms with Crippen molar-refractivity contribution in [2.45, 2.75) is 38.3 Å². The maximum Gasteiger partial charge on any atom is 0.341 e. The highest BCUT2D eigenvalue weighted by molar-refractivity contribution is 5.96. The molecule has 0 radical (unpaired) electrons. The molecule has 1 amide bonds. The Hall–Kier alpha value is -3.03. The van der Waals surface area contributed by atoms with Crippen LogP contribution in [0.1, 0.15) is 42.6 Å². The molecule has 1 unspecified atom stereocenters. The molecule has 2 aromatic rings. The van der Waals surface area contributed by atoms with Gasteiger partial charge >= 0.3 is 5.97 Å². The van der Waals surface area contributed by atoms with Crippen LogP contribution in [0.5, 0.6) is 0 Å². The van der Waals surface area contributed by atoms with Crippen LogP contribution in [0.15, 0.2) is 23.1 Å². The third-order valence-corrected chi connectivity index (χ3v) is 5.29. The SMILES string of the molecule is CC(=O)NC1CCN(c2cc3c(cc2N)c(=O)c(C(=O)O)cn3C2CC2)C1. The van der Waals surface area contributed by atoms with Gasteiger partial charge in [-0.15, -0.1) is 0 Å². The zero-order valence-corrected chi connectivity index (χ0v) is 15.1. The van der Waals surface area contributed by atoms with E-state index in [-0.39, 0.29) is 23.6 Å². The second kappa shape index (κ2) is 6.29. The second-order valence-electron chi connectivity index (χ2n) is 7.38. The van der Waals surface area contributed by atoms with E-state index in [1.807, 2.05) is 10.6 Å². The molecule has 4 N–H and O–H groups in total. The molecule has 1 atom stereocenters. The third-order valence-electron chi connectivity index (χ3n) is 5.29. The fourth-order valence-electron chi connectivity index (χ4n) is 3.87. The summed E-state index contributed by atoms with van der Waals surface area (Å²) in [5.41, 5.74) is 7.45. The van der Waals surface area contributed by atoms with Gasteiger partial charge in [0.2, 0.25) is 11.3 Å². The van der Waals surface area contributed by atoms with E-state index in [0.717, 1.165) is 31.5 Å². The van der Waals surface area contributed by atoms with Crippen molar-refractivity contribution in [3.8, 4) is 0 Å². The van der Waals surface area contributed by atoms with Gasteiger partial charge in [0, 0.05) is 43.7 Å². The lowest BCUT2D eigenvalue weighted by Crippen LogP contribution is -2.35. The lowest BCUT2D eigenvalue weighted by atomic mass is 10.1. The van der Waals surface area contributed by atoms with E-state index < -0.39 is 11.4 Å². The van der Waals surface area contributed by atoms with Gasteiger partial charge in [0.05, 0.1) is 16.9 Å². The molecule has 2 fully saturated rings.